The summed E-state index contributed by atoms with van der Waals surface area (Å²) in [5.74, 6) is -3.99. The zero-order valence-electron chi connectivity index (χ0n) is 28.0. The number of hydrogen-bond acceptors (Lipinski definition) is 6. The second-order valence-electron chi connectivity index (χ2n) is 13.7. The molecular weight excluding hydrogens is 687 g/mol. The van der Waals surface area contributed by atoms with Gasteiger partial charge >= 0.3 is 5.97 Å². The van der Waals surface area contributed by atoms with Crippen molar-refractivity contribution in [3.63, 3.8) is 0 Å². The Kier molecular flexibility index (Phi) is 11.1. The molecule has 4 aromatic carbocycles. The quantitative estimate of drug-likeness (QED) is 0.107. The lowest BCUT2D eigenvalue weighted by molar-refractivity contribution is -0.118. The average molecular weight is 727 g/mol. The molecule has 1 aliphatic heterocycles. The van der Waals surface area contributed by atoms with Gasteiger partial charge in [0, 0.05) is 35.5 Å². The zero-order chi connectivity index (χ0) is 36.4. The molecule has 5 N–H and O–H groups in total. The maximum absolute atomic E-state index is 16.4. The molecule has 5 rings (SSSR count). The maximum atomic E-state index is 16.4. The average Bonchev–Trinajstić information content (AvgIpc) is 3.35. The molecule has 1 heterocycles. The van der Waals surface area contributed by atoms with Crippen LogP contribution in [0.25, 0.3) is 0 Å². The van der Waals surface area contributed by atoms with Crippen molar-refractivity contribution < 1.29 is 33.3 Å². The van der Waals surface area contributed by atoms with E-state index < -0.39 is 46.9 Å². The number of amides is 1. The molecule has 8 nitrogen and oxygen atoms in total. The second-order valence-corrected chi connectivity index (χ2v) is 14.6. The standard InChI is InChI=1S/C38H39Cl2F2N3O5/c1-37(2,3)18-31-38(26-13-12-23(39)17-28(26)41,20-43-19-21-7-5-8-24(46)15-21)32(25-9-6-10-27(40)33(25)42)34(45-31)35(47)44-29-14-11-22(36(48)49)16-30(29)50-4/h5-17,31-32,34,43,45-46H,18-20H2,1-4H3,(H,44,47)(H,48,49)/t31-,32-,34+,38-/m0/s1. The summed E-state index contributed by atoms with van der Waals surface area (Å²) >= 11 is 12.6. The number of phenolic OH excluding ortho intramolecular Hbond substituents is 1. The third-order valence-electron chi connectivity index (χ3n) is 9.10. The zero-order valence-corrected chi connectivity index (χ0v) is 29.5. The van der Waals surface area contributed by atoms with Crippen LogP contribution in [0.15, 0.2) is 78.9 Å². The molecule has 1 amide bonds. The molecule has 12 heteroatoms. The molecule has 1 aliphatic rings. The fraction of sp³-hybridized carbons (Fsp3) is 0.316. The Labute approximate surface area is 299 Å². The Balaban J connectivity index is 1.72. The normalized spacial score (nSPS) is 20.4. The first-order valence-corrected chi connectivity index (χ1v) is 16.8. The number of phenols is 1. The van der Waals surface area contributed by atoms with Gasteiger partial charge in [-0.15, -0.1) is 0 Å². The fourth-order valence-electron chi connectivity index (χ4n) is 7.04. The molecule has 0 spiro atoms. The van der Waals surface area contributed by atoms with E-state index in [0.29, 0.717) is 6.42 Å². The molecule has 0 aromatic heterocycles. The molecule has 0 saturated carbocycles. The Morgan fingerprint density at radius 2 is 1.74 bits per heavy atom. The third kappa shape index (κ3) is 7.73. The predicted molar refractivity (Wildman–Crippen MR) is 190 cm³/mol. The van der Waals surface area contributed by atoms with Crippen molar-refractivity contribution in [1.82, 2.24) is 10.6 Å². The van der Waals surface area contributed by atoms with Crippen LogP contribution in [-0.2, 0) is 16.8 Å². The van der Waals surface area contributed by atoms with E-state index in [9.17, 15) is 19.8 Å². The summed E-state index contributed by atoms with van der Waals surface area (Å²) in [7, 11) is 1.35. The molecule has 1 fully saturated rings. The number of carboxylic acids is 1. The lowest BCUT2D eigenvalue weighted by Crippen LogP contribution is -2.51. The highest BCUT2D eigenvalue weighted by atomic mass is 35.5. The molecule has 264 valence electrons. The van der Waals surface area contributed by atoms with E-state index in [4.69, 9.17) is 27.9 Å². The number of aromatic carboxylic acids is 1. The molecule has 50 heavy (non-hydrogen) atoms. The SMILES string of the molecule is COc1cc(C(=O)O)ccc1NC(=O)[C@@H]1N[C@@H](CC(C)(C)C)[C@](CNCc2cccc(O)c2)(c2ccc(Cl)cc2F)[C@H]1c1cccc(Cl)c1F. The number of methoxy groups -OCH3 is 1. The van der Waals surface area contributed by atoms with Crippen molar-refractivity contribution in [2.45, 2.75) is 57.2 Å². The first kappa shape index (κ1) is 37.0. The van der Waals surface area contributed by atoms with Crippen LogP contribution in [0, 0.1) is 17.0 Å². The monoisotopic (exact) mass is 725 g/mol. The van der Waals surface area contributed by atoms with Crippen molar-refractivity contribution >= 4 is 40.8 Å². The molecule has 0 bridgehead atoms. The van der Waals surface area contributed by atoms with Gasteiger partial charge in [-0.1, -0.05) is 74.3 Å². The highest BCUT2D eigenvalue weighted by molar-refractivity contribution is 6.31. The fourth-order valence-corrected chi connectivity index (χ4v) is 7.38. The van der Waals surface area contributed by atoms with E-state index in [0.717, 1.165) is 5.56 Å². The Morgan fingerprint density at radius 1 is 1.00 bits per heavy atom. The summed E-state index contributed by atoms with van der Waals surface area (Å²) in [4.78, 5) is 26.1. The van der Waals surface area contributed by atoms with Gasteiger partial charge in [-0.3, -0.25) is 4.79 Å². The largest absolute Gasteiger partial charge is 0.508 e. The van der Waals surface area contributed by atoms with Crippen LogP contribution in [-0.4, -0.2) is 47.8 Å². The van der Waals surface area contributed by atoms with Gasteiger partial charge in [0.1, 0.15) is 23.1 Å². The van der Waals surface area contributed by atoms with Gasteiger partial charge in [-0.2, -0.15) is 0 Å². The number of ether oxygens (including phenoxy) is 1. The van der Waals surface area contributed by atoms with Crippen molar-refractivity contribution in [2.75, 3.05) is 19.0 Å². The topological polar surface area (TPSA) is 120 Å². The minimum absolute atomic E-state index is 0.0435. The van der Waals surface area contributed by atoms with E-state index >= 15 is 8.78 Å². The molecule has 4 atom stereocenters. The van der Waals surface area contributed by atoms with E-state index in [1.807, 2.05) is 26.8 Å². The van der Waals surface area contributed by atoms with Crippen LogP contribution in [0.4, 0.5) is 14.5 Å². The molecular formula is C38H39Cl2F2N3O5. The van der Waals surface area contributed by atoms with E-state index in [-0.39, 0.29) is 62.4 Å². The summed E-state index contributed by atoms with van der Waals surface area (Å²) in [6, 6.07) is 17.9. The Bertz CT molecular complexity index is 1900. The van der Waals surface area contributed by atoms with Crippen molar-refractivity contribution in [1.29, 1.82) is 0 Å². The summed E-state index contributed by atoms with van der Waals surface area (Å²) in [6.45, 7) is 6.40. The third-order valence-corrected chi connectivity index (χ3v) is 9.63. The van der Waals surface area contributed by atoms with Crippen LogP contribution in [0.3, 0.4) is 0 Å². The smallest absolute Gasteiger partial charge is 0.335 e. The summed E-state index contributed by atoms with van der Waals surface area (Å²) in [5, 5.41) is 29.4. The first-order chi connectivity index (χ1) is 23.6. The maximum Gasteiger partial charge on any atom is 0.335 e. The van der Waals surface area contributed by atoms with Crippen molar-refractivity contribution in [3.05, 3.63) is 123 Å². The first-order valence-electron chi connectivity index (χ1n) is 16.0. The number of benzene rings is 4. The van der Waals surface area contributed by atoms with Crippen LogP contribution >= 0.6 is 23.2 Å². The summed E-state index contributed by atoms with van der Waals surface area (Å²) in [6.07, 6.45) is 0.433. The molecule has 0 unspecified atom stereocenters. The molecule has 0 radical (unpaired) electrons. The highest BCUT2D eigenvalue weighted by Crippen LogP contribution is 2.53. The highest BCUT2D eigenvalue weighted by Gasteiger charge is 2.60. The van der Waals surface area contributed by atoms with Gasteiger partial charge in [0.25, 0.3) is 0 Å². The van der Waals surface area contributed by atoms with Gasteiger partial charge < -0.3 is 30.9 Å². The van der Waals surface area contributed by atoms with Gasteiger partial charge in [0.05, 0.1) is 29.4 Å². The van der Waals surface area contributed by atoms with Gasteiger partial charge in [0.2, 0.25) is 5.91 Å². The minimum Gasteiger partial charge on any atom is -0.508 e. The van der Waals surface area contributed by atoms with Crippen LogP contribution < -0.4 is 20.7 Å². The van der Waals surface area contributed by atoms with Gasteiger partial charge in [0.15, 0.2) is 0 Å². The number of nitrogens with one attached hydrogen (secondary N) is 3. The number of carboxylic acid groups (broad SMARTS) is 1. The van der Waals surface area contributed by atoms with E-state index in [1.165, 1.54) is 37.4 Å². The Morgan fingerprint density at radius 3 is 2.40 bits per heavy atom. The molecule has 0 aliphatic carbocycles. The van der Waals surface area contributed by atoms with Gasteiger partial charge in [-0.05, 0) is 77.1 Å². The van der Waals surface area contributed by atoms with Crippen molar-refractivity contribution in [2.24, 2.45) is 5.41 Å². The number of hydrogen-bond donors (Lipinski definition) is 5. The van der Waals surface area contributed by atoms with Crippen LogP contribution in [0.5, 0.6) is 11.5 Å². The van der Waals surface area contributed by atoms with Crippen LogP contribution in [0.2, 0.25) is 10.0 Å². The van der Waals surface area contributed by atoms with E-state index in [1.54, 1.807) is 42.5 Å². The number of halogens is 4. The predicted octanol–water partition coefficient (Wildman–Crippen LogP) is 7.91. The van der Waals surface area contributed by atoms with Crippen LogP contribution in [0.1, 0.15) is 60.2 Å². The van der Waals surface area contributed by atoms with Gasteiger partial charge in [-0.25, -0.2) is 13.6 Å². The lowest BCUT2D eigenvalue weighted by Gasteiger charge is -2.43. The second kappa shape index (κ2) is 14.9. The number of carbonyl (C=O) groups is 2. The summed E-state index contributed by atoms with van der Waals surface area (Å²) < 4.78 is 38.2. The number of carbonyl (C=O) groups excluding carboxylic acids is 1. The minimum atomic E-state index is -1.33. The molecule has 4 aromatic rings. The number of aromatic hydroxyl groups is 1. The van der Waals surface area contributed by atoms with Crippen molar-refractivity contribution in [3.8, 4) is 11.5 Å². The van der Waals surface area contributed by atoms with E-state index in [2.05, 4.69) is 16.0 Å². The number of anilines is 1. The summed E-state index contributed by atoms with van der Waals surface area (Å²) in [5.41, 5.74) is -0.457. The lowest BCUT2D eigenvalue weighted by atomic mass is 9.61. The number of rotatable bonds is 11. The Hall–Kier alpha value is -4.22. The molecule has 1 saturated heterocycles.